The predicted octanol–water partition coefficient (Wildman–Crippen LogP) is 2.80. The first-order valence-electron chi connectivity index (χ1n) is 13.3. The molecule has 0 saturated heterocycles. The van der Waals surface area contributed by atoms with Gasteiger partial charge in [0.2, 0.25) is 0 Å². The SMILES string of the molecule is O=C1CC[C@@]2(O)[C@@H]3CC[C@@]34Cc3ccc(C(=O)NCCc5ccc(-c6cnc(=O)[nH]c6)cc5)c(O)c3C42C1. The number of ketones is 1. The highest BCUT2D eigenvalue weighted by atomic mass is 16.3. The maximum absolute atomic E-state index is 13.2. The zero-order valence-electron chi connectivity index (χ0n) is 20.9. The van der Waals surface area contributed by atoms with Gasteiger partial charge in [-0.25, -0.2) is 9.78 Å². The highest BCUT2D eigenvalue weighted by Crippen LogP contribution is 2.84. The number of aliphatic hydroxyl groups is 1. The number of fused-ring (bicyclic) bond motifs is 2. The van der Waals surface area contributed by atoms with Crippen LogP contribution >= 0.6 is 0 Å². The molecule has 1 unspecified atom stereocenters. The lowest BCUT2D eigenvalue weighted by atomic mass is 9.26. The summed E-state index contributed by atoms with van der Waals surface area (Å²) < 4.78 is 0. The summed E-state index contributed by atoms with van der Waals surface area (Å²) in [5.74, 6) is -0.147. The fraction of sp³-hybridized carbons (Fsp3) is 0.400. The second-order valence-corrected chi connectivity index (χ2v) is 11.5. The standard InChI is InChI=1S/C30H29N3O5/c34-21-7-11-30(38)23-8-10-28(23)13-19-5-6-22(25(35)24(19)29(28,30)14-21)26(36)31-12-9-17-1-3-18(4-2-17)20-15-32-27(37)33-16-20/h1-6,15-16,23,35,38H,7-14H2,(H,31,36)(H,32,33,37)/t23-,28-,29?,30-/m1/s1. The molecule has 1 aromatic heterocycles. The quantitative estimate of drug-likeness (QED) is 0.417. The van der Waals surface area contributed by atoms with Crippen molar-refractivity contribution in [2.45, 2.75) is 56.0 Å². The first-order valence-corrected chi connectivity index (χ1v) is 13.3. The Morgan fingerprint density at radius 2 is 1.89 bits per heavy atom. The van der Waals surface area contributed by atoms with Crippen LogP contribution in [0.4, 0.5) is 0 Å². The maximum atomic E-state index is 13.2. The fourth-order valence-electron chi connectivity index (χ4n) is 8.40. The number of aromatic nitrogens is 2. The molecule has 194 valence electrons. The van der Waals surface area contributed by atoms with Gasteiger partial charge in [-0.2, -0.15) is 0 Å². The Morgan fingerprint density at radius 3 is 2.61 bits per heavy atom. The van der Waals surface area contributed by atoms with Crippen molar-refractivity contribution in [1.82, 2.24) is 15.3 Å². The molecule has 4 atom stereocenters. The number of Topliss-reactive ketones (excluding diaryl/α,β-unsaturated/α-hetero) is 1. The summed E-state index contributed by atoms with van der Waals surface area (Å²) in [6.45, 7) is 0.383. The zero-order chi connectivity index (χ0) is 26.3. The second-order valence-electron chi connectivity index (χ2n) is 11.5. The predicted molar refractivity (Wildman–Crippen MR) is 139 cm³/mol. The van der Waals surface area contributed by atoms with Crippen LogP contribution < -0.4 is 11.0 Å². The molecule has 7 rings (SSSR count). The van der Waals surface area contributed by atoms with E-state index in [-0.39, 0.29) is 40.8 Å². The number of carbonyl (C=O) groups is 2. The van der Waals surface area contributed by atoms with Crippen LogP contribution in [-0.4, -0.2) is 44.0 Å². The van der Waals surface area contributed by atoms with Crippen molar-refractivity contribution in [2.75, 3.05) is 6.54 Å². The number of hydrogen-bond acceptors (Lipinski definition) is 6. The fourth-order valence-corrected chi connectivity index (χ4v) is 8.40. The van der Waals surface area contributed by atoms with Crippen LogP contribution in [0.25, 0.3) is 11.1 Å². The lowest BCUT2D eigenvalue weighted by Crippen LogP contribution is -2.83. The Hall–Kier alpha value is -3.78. The second kappa shape index (κ2) is 7.86. The highest BCUT2D eigenvalue weighted by Gasteiger charge is 2.86. The third kappa shape index (κ3) is 2.84. The largest absolute Gasteiger partial charge is 0.507 e. The van der Waals surface area contributed by atoms with Crippen molar-refractivity contribution in [2.24, 2.45) is 11.3 Å². The summed E-state index contributed by atoms with van der Waals surface area (Å²) in [7, 11) is 0. The number of rotatable bonds is 5. The van der Waals surface area contributed by atoms with E-state index in [2.05, 4.69) is 15.3 Å². The van der Waals surface area contributed by atoms with Crippen LogP contribution in [0.2, 0.25) is 0 Å². The van der Waals surface area contributed by atoms with E-state index in [1.165, 1.54) is 6.20 Å². The summed E-state index contributed by atoms with van der Waals surface area (Å²) >= 11 is 0. The minimum Gasteiger partial charge on any atom is -0.507 e. The van der Waals surface area contributed by atoms with Gasteiger partial charge in [0.1, 0.15) is 11.5 Å². The highest BCUT2D eigenvalue weighted by molar-refractivity contribution is 5.98. The monoisotopic (exact) mass is 511 g/mol. The Bertz CT molecular complexity index is 1530. The lowest BCUT2D eigenvalue weighted by Gasteiger charge is -2.78. The van der Waals surface area contributed by atoms with E-state index in [1.54, 1.807) is 12.3 Å². The summed E-state index contributed by atoms with van der Waals surface area (Å²) in [5, 5.41) is 26.1. The van der Waals surface area contributed by atoms with Gasteiger partial charge in [-0.15, -0.1) is 0 Å². The number of hydrogen-bond donors (Lipinski definition) is 4. The van der Waals surface area contributed by atoms with Crippen molar-refractivity contribution in [3.63, 3.8) is 0 Å². The molecule has 8 heteroatoms. The van der Waals surface area contributed by atoms with Gasteiger partial charge in [0.15, 0.2) is 0 Å². The van der Waals surface area contributed by atoms with Crippen molar-refractivity contribution < 1.29 is 19.8 Å². The number of H-pyrrole nitrogens is 1. The molecule has 3 aromatic rings. The van der Waals surface area contributed by atoms with Crippen molar-refractivity contribution in [3.05, 3.63) is 81.5 Å². The molecular formula is C30H29N3O5. The molecule has 1 amide bonds. The van der Waals surface area contributed by atoms with E-state index in [0.29, 0.717) is 31.4 Å². The molecule has 0 aliphatic heterocycles. The average Bonchev–Trinajstić information content (AvgIpc) is 3.19. The summed E-state index contributed by atoms with van der Waals surface area (Å²) in [6, 6.07) is 11.4. The number of carbonyl (C=O) groups excluding carboxylic acids is 2. The molecule has 1 heterocycles. The van der Waals surface area contributed by atoms with E-state index in [9.17, 15) is 24.6 Å². The topological polar surface area (TPSA) is 132 Å². The molecule has 38 heavy (non-hydrogen) atoms. The summed E-state index contributed by atoms with van der Waals surface area (Å²) in [5.41, 5.74) is 2.26. The molecule has 0 bridgehead atoms. The first-order chi connectivity index (χ1) is 18.3. The first kappa shape index (κ1) is 23.3. The lowest BCUT2D eigenvalue weighted by molar-refractivity contribution is -0.325. The van der Waals surface area contributed by atoms with Gasteiger partial charge in [0.05, 0.1) is 11.2 Å². The van der Waals surface area contributed by atoms with E-state index in [0.717, 1.165) is 41.5 Å². The van der Waals surface area contributed by atoms with E-state index >= 15 is 0 Å². The van der Waals surface area contributed by atoms with Crippen LogP contribution in [0.5, 0.6) is 5.75 Å². The molecule has 0 radical (unpaired) electrons. The third-order valence-electron chi connectivity index (χ3n) is 10.1. The van der Waals surface area contributed by atoms with Crippen LogP contribution in [0, 0.1) is 11.3 Å². The van der Waals surface area contributed by atoms with Gasteiger partial charge in [-0.05, 0) is 66.2 Å². The summed E-state index contributed by atoms with van der Waals surface area (Å²) in [6.07, 6.45) is 7.46. The number of amides is 1. The minimum absolute atomic E-state index is 0.0748. The smallest absolute Gasteiger partial charge is 0.344 e. The number of phenolic OH excluding ortho intramolecular Hbond substituents is 1. The van der Waals surface area contributed by atoms with Gasteiger partial charge in [-0.1, -0.05) is 30.3 Å². The number of benzene rings is 2. The number of aromatic amines is 1. The van der Waals surface area contributed by atoms with E-state index in [4.69, 9.17) is 0 Å². The average molecular weight is 512 g/mol. The molecule has 2 aromatic carbocycles. The maximum Gasteiger partial charge on any atom is 0.344 e. The molecule has 3 fully saturated rings. The number of nitrogens with zero attached hydrogens (tertiary/aromatic N) is 1. The number of nitrogens with one attached hydrogen (secondary N) is 2. The van der Waals surface area contributed by atoms with Gasteiger partial charge in [0.25, 0.3) is 5.91 Å². The number of aromatic hydroxyl groups is 1. The van der Waals surface area contributed by atoms with Crippen LogP contribution in [0.1, 0.15) is 59.2 Å². The number of phenols is 1. The Labute approximate surface area is 219 Å². The third-order valence-corrected chi connectivity index (χ3v) is 10.1. The normalized spacial score (nSPS) is 30.2. The molecule has 2 spiro atoms. The molecule has 3 saturated carbocycles. The van der Waals surface area contributed by atoms with Crippen LogP contribution in [-0.2, 0) is 23.1 Å². The van der Waals surface area contributed by atoms with Gasteiger partial charge in [-0.3, -0.25) is 9.59 Å². The van der Waals surface area contributed by atoms with Crippen LogP contribution in [0.3, 0.4) is 0 Å². The van der Waals surface area contributed by atoms with Crippen LogP contribution in [0.15, 0.2) is 53.6 Å². The Morgan fingerprint density at radius 1 is 1.08 bits per heavy atom. The Kier molecular flexibility index (Phi) is 4.83. The van der Waals surface area contributed by atoms with Gasteiger partial charge < -0.3 is 20.5 Å². The molecule has 8 nitrogen and oxygen atoms in total. The van der Waals surface area contributed by atoms with Crippen molar-refractivity contribution in [3.8, 4) is 16.9 Å². The molecule has 4 aliphatic carbocycles. The van der Waals surface area contributed by atoms with E-state index < -0.39 is 16.7 Å². The van der Waals surface area contributed by atoms with Crippen molar-refractivity contribution in [1.29, 1.82) is 0 Å². The molecular weight excluding hydrogens is 482 g/mol. The van der Waals surface area contributed by atoms with E-state index in [1.807, 2.05) is 30.3 Å². The van der Waals surface area contributed by atoms with Crippen molar-refractivity contribution >= 4 is 11.7 Å². The Balaban J connectivity index is 1.09. The molecule has 4 N–H and O–H groups in total. The molecule has 4 aliphatic rings. The zero-order valence-corrected chi connectivity index (χ0v) is 20.9. The van der Waals surface area contributed by atoms with Gasteiger partial charge >= 0.3 is 5.69 Å². The van der Waals surface area contributed by atoms with Gasteiger partial charge in [0, 0.05) is 48.3 Å². The minimum atomic E-state index is -0.978. The summed E-state index contributed by atoms with van der Waals surface area (Å²) in [4.78, 5) is 43.3.